The topological polar surface area (TPSA) is 108 Å². The van der Waals surface area contributed by atoms with Crippen LogP contribution in [0, 0.1) is 29.9 Å². The van der Waals surface area contributed by atoms with Crippen molar-refractivity contribution < 1.29 is 9.72 Å². The van der Waals surface area contributed by atoms with Crippen LogP contribution in [0.1, 0.15) is 18.3 Å². The molecule has 2 aromatic rings. The average Bonchev–Trinajstić information content (AvgIpc) is 2.97. The zero-order valence-electron chi connectivity index (χ0n) is 12.9. The van der Waals surface area contributed by atoms with Gasteiger partial charge in [0.05, 0.1) is 46.9 Å². The predicted octanol–water partition coefficient (Wildman–Crippen LogP) is 1.42. The predicted molar refractivity (Wildman–Crippen MR) is 79.4 cm³/mol. The first-order valence-corrected chi connectivity index (χ1v) is 6.78. The van der Waals surface area contributed by atoms with Crippen molar-refractivity contribution in [2.24, 2.45) is 13.0 Å². The fraction of sp³-hybridized carbons (Fsp3) is 0.462. The summed E-state index contributed by atoms with van der Waals surface area (Å²) in [5.41, 5.74) is 2.15. The molecule has 2 heterocycles. The fourth-order valence-electron chi connectivity index (χ4n) is 1.99. The normalized spacial score (nSPS) is 12.2. The first-order valence-electron chi connectivity index (χ1n) is 6.78. The van der Waals surface area contributed by atoms with Gasteiger partial charge in [0.15, 0.2) is 0 Å². The monoisotopic (exact) mass is 306 g/mol. The van der Waals surface area contributed by atoms with Crippen molar-refractivity contribution in [2.45, 2.75) is 27.3 Å². The Balaban J connectivity index is 2.05. The van der Waals surface area contributed by atoms with Gasteiger partial charge in [-0.25, -0.2) is 0 Å². The van der Waals surface area contributed by atoms with E-state index in [4.69, 9.17) is 0 Å². The molecule has 9 nitrogen and oxygen atoms in total. The highest BCUT2D eigenvalue weighted by atomic mass is 16.6. The summed E-state index contributed by atoms with van der Waals surface area (Å²) >= 11 is 0. The number of carbonyl (C=O) groups is 1. The second-order valence-electron chi connectivity index (χ2n) is 5.24. The summed E-state index contributed by atoms with van der Waals surface area (Å²) in [7, 11) is 1.79. The third-order valence-corrected chi connectivity index (χ3v) is 3.54. The summed E-state index contributed by atoms with van der Waals surface area (Å²) in [5, 5.41) is 21.5. The summed E-state index contributed by atoms with van der Waals surface area (Å²) in [6, 6.07) is 1.38. The number of amides is 1. The van der Waals surface area contributed by atoms with E-state index in [-0.39, 0.29) is 18.3 Å². The molecule has 0 spiro atoms. The Morgan fingerprint density at radius 1 is 1.50 bits per heavy atom. The number of nitrogens with zero attached hydrogens (tertiary/aromatic N) is 5. The number of hydrogen-bond donors (Lipinski definition) is 1. The lowest BCUT2D eigenvalue weighted by molar-refractivity contribution is -0.389. The van der Waals surface area contributed by atoms with E-state index in [0.717, 1.165) is 5.69 Å². The van der Waals surface area contributed by atoms with Crippen LogP contribution in [0.15, 0.2) is 12.3 Å². The molecule has 0 fully saturated rings. The Bertz CT molecular complexity index is 717. The van der Waals surface area contributed by atoms with Crippen molar-refractivity contribution in [1.82, 2.24) is 19.6 Å². The van der Waals surface area contributed by atoms with Crippen LogP contribution in [-0.4, -0.2) is 30.4 Å². The molecule has 1 N–H and O–H groups in total. The largest absolute Gasteiger partial charge is 0.390 e. The van der Waals surface area contributed by atoms with Gasteiger partial charge in [-0.15, -0.1) is 0 Å². The standard InChI is InChI=1S/C13H18N6O3/c1-8(7-18-9(2)5-12(16-18)19(21)22)13(20)15-11-6-14-17(4)10(11)3/h5-6,8H,7H2,1-4H3,(H,15,20). The van der Waals surface area contributed by atoms with Crippen molar-refractivity contribution in [2.75, 3.05) is 5.32 Å². The first-order chi connectivity index (χ1) is 10.3. The highest BCUT2D eigenvalue weighted by Crippen LogP contribution is 2.16. The van der Waals surface area contributed by atoms with E-state index in [1.165, 1.54) is 10.7 Å². The Morgan fingerprint density at radius 2 is 2.18 bits per heavy atom. The van der Waals surface area contributed by atoms with Crippen LogP contribution in [0.4, 0.5) is 11.5 Å². The zero-order valence-corrected chi connectivity index (χ0v) is 12.9. The Hall–Kier alpha value is -2.71. The molecular weight excluding hydrogens is 288 g/mol. The summed E-state index contributed by atoms with van der Waals surface area (Å²) in [6.45, 7) is 5.59. The maximum absolute atomic E-state index is 12.2. The van der Waals surface area contributed by atoms with Crippen molar-refractivity contribution in [3.05, 3.63) is 33.8 Å². The lowest BCUT2D eigenvalue weighted by atomic mass is 10.1. The number of aromatic nitrogens is 4. The Labute approximate surface area is 127 Å². The number of nitrogens with one attached hydrogen (secondary N) is 1. The van der Waals surface area contributed by atoms with Crippen molar-refractivity contribution >= 4 is 17.4 Å². The van der Waals surface area contributed by atoms with Crippen LogP contribution < -0.4 is 5.32 Å². The molecule has 2 aromatic heterocycles. The summed E-state index contributed by atoms with van der Waals surface area (Å²) in [4.78, 5) is 22.4. The molecule has 1 unspecified atom stereocenters. The van der Waals surface area contributed by atoms with E-state index < -0.39 is 10.8 Å². The molecule has 1 amide bonds. The minimum Gasteiger partial charge on any atom is -0.358 e. The maximum Gasteiger partial charge on any atom is 0.390 e. The van der Waals surface area contributed by atoms with Crippen molar-refractivity contribution in [1.29, 1.82) is 0 Å². The molecule has 0 aromatic carbocycles. The Kier molecular flexibility index (Phi) is 4.25. The minimum absolute atomic E-state index is 0.186. The highest BCUT2D eigenvalue weighted by Gasteiger charge is 2.21. The maximum atomic E-state index is 12.2. The molecule has 0 aliphatic rings. The van der Waals surface area contributed by atoms with Crippen LogP contribution in [0.3, 0.4) is 0 Å². The zero-order chi connectivity index (χ0) is 16.4. The first kappa shape index (κ1) is 15.7. The van der Waals surface area contributed by atoms with Crippen LogP contribution in [0.2, 0.25) is 0 Å². The fourth-order valence-corrected chi connectivity index (χ4v) is 1.99. The van der Waals surface area contributed by atoms with Gasteiger partial charge in [-0.05, 0) is 18.8 Å². The van der Waals surface area contributed by atoms with Crippen LogP contribution >= 0.6 is 0 Å². The number of rotatable bonds is 5. The van der Waals surface area contributed by atoms with E-state index in [9.17, 15) is 14.9 Å². The van der Waals surface area contributed by atoms with Gasteiger partial charge >= 0.3 is 5.82 Å². The molecule has 0 aliphatic heterocycles. The molecule has 0 radical (unpaired) electrons. The minimum atomic E-state index is -0.548. The van der Waals surface area contributed by atoms with E-state index in [1.54, 1.807) is 31.8 Å². The van der Waals surface area contributed by atoms with Crippen LogP contribution in [-0.2, 0) is 18.4 Å². The van der Waals surface area contributed by atoms with Gasteiger partial charge in [-0.1, -0.05) is 6.92 Å². The van der Waals surface area contributed by atoms with Gasteiger partial charge in [-0.2, -0.15) is 9.78 Å². The molecule has 0 saturated heterocycles. The number of aryl methyl sites for hydroxylation is 2. The van der Waals surface area contributed by atoms with E-state index in [2.05, 4.69) is 15.5 Å². The van der Waals surface area contributed by atoms with Gasteiger partial charge < -0.3 is 15.4 Å². The molecule has 0 saturated carbocycles. The molecule has 2 rings (SSSR count). The smallest absolute Gasteiger partial charge is 0.358 e. The second-order valence-corrected chi connectivity index (χ2v) is 5.24. The van der Waals surface area contributed by atoms with Crippen LogP contribution in [0.25, 0.3) is 0 Å². The summed E-state index contributed by atoms with van der Waals surface area (Å²) in [5.74, 6) is -0.792. The number of hydrogen-bond acceptors (Lipinski definition) is 5. The average molecular weight is 306 g/mol. The number of nitro groups is 1. The molecule has 22 heavy (non-hydrogen) atoms. The van der Waals surface area contributed by atoms with Gasteiger partial charge in [0.1, 0.15) is 0 Å². The molecule has 9 heteroatoms. The SMILES string of the molecule is Cc1c(NC(=O)C(C)Cn2nc([N+](=O)[O-])cc2C)cnn1C. The van der Waals surface area contributed by atoms with Gasteiger partial charge in [0.25, 0.3) is 0 Å². The molecule has 118 valence electrons. The second kappa shape index (κ2) is 5.96. The van der Waals surface area contributed by atoms with E-state index in [1.807, 2.05) is 6.92 Å². The Morgan fingerprint density at radius 3 is 2.68 bits per heavy atom. The molecular formula is C13H18N6O3. The summed E-state index contributed by atoms with van der Waals surface area (Å²) in [6.07, 6.45) is 1.59. The lowest BCUT2D eigenvalue weighted by Crippen LogP contribution is -2.25. The molecule has 0 bridgehead atoms. The third-order valence-electron chi connectivity index (χ3n) is 3.54. The van der Waals surface area contributed by atoms with E-state index in [0.29, 0.717) is 11.4 Å². The van der Waals surface area contributed by atoms with Crippen molar-refractivity contribution in [3.8, 4) is 0 Å². The third kappa shape index (κ3) is 3.13. The molecule has 1 atom stereocenters. The lowest BCUT2D eigenvalue weighted by Gasteiger charge is -2.11. The number of anilines is 1. The van der Waals surface area contributed by atoms with Gasteiger partial charge in [0.2, 0.25) is 5.91 Å². The molecule has 0 aliphatic carbocycles. The van der Waals surface area contributed by atoms with Crippen LogP contribution in [0.5, 0.6) is 0 Å². The van der Waals surface area contributed by atoms with Gasteiger partial charge in [-0.3, -0.25) is 9.48 Å². The van der Waals surface area contributed by atoms with Gasteiger partial charge in [0, 0.05) is 7.05 Å². The van der Waals surface area contributed by atoms with Crippen molar-refractivity contribution in [3.63, 3.8) is 0 Å². The summed E-state index contributed by atoms with van der Waals surface area (Å²) < 4.78 is 3.14. The number of carbonyl (C=O) groups excluding carboxylic acids is 1. The quantitative estimate of drug-likeness (QED) is 0.664. The highest BCUT2D eigenvalue weighted by molar-refractivity contribution is 5.92. The van der Waals surface area contributed by atoms with E-state index >= 15 is 0 Å².